The van der Waals surface area contributed by atoms with Crippen molar-refractivity contribution in [1.82, 2.24) is 14.8 Å². The third kappa shape index (κ3) is 5.32. The van der Waals surface area contributed by atoms with E-state index in [0.29, 0.717) is 18.0 Å². The van der Waals surface area contributed by atoms with Crippen LogP contribution >= 0.6 is 0 Å². The zero-order valence-electron chi connectivity index (χ0n) is 14.6. The number of rotatable bonds is 8. The number of aromatic nitrogens is 1. The third-order valence-electron chi connectivity index (χ3n) is 4.01. The van der Waals surface area contributed by atoms with Crippen molar-refractivity contribution >= 4 is 24.1 Å². The first-order chi connectivity index (χ1) is 12.2. The number of carbonyl (C=O) groups excluding carboxylic acids is 1. The fourth-order valence-corrected chi connectivity index (χ4v) is 2.53. The molecule has 1 aliphatic heterocycles. The van der Waals surface area contributed by atoms with Gasteiger partial charge in [0, 0.05) is 43.6 Å². The molecule has 0 radical (unpaired) electrons. The van der Waals surface area contributed by atoms with Gasteiger partial charge in [-0.1, -0.05) is 19.2 Å². The van der Waals surface area contributed by atoms with Gasteiger partial charge < -0.3 is 20.4 Å². The van der Waals surface area contributed by atoms with Crippen LogP contribution in [-0.2, 0) is 4.79 Å². The van der Waals surface area contributed by atoms with Crippen molar-refractivity contribution in [1.29, 1.82) is 0 Å². The number of allylic oxidation sites excluding steroid dienone is 3. The number of carbonyl (C=O) groups is 1. The van der Waals surface area contributed by atoms with E-state index >= 15 is 0 Å². The molecule has 1 aliphatic rings. The number of anilines is 2. The molecule has 1 aromatic heterocycles. The molecule has 6 heteroatoms. The fourth-order valence-electron chi connectivity index (χ4n) is 2.53. The van der Waals surface area contributed by atoms with E-state index in [-0.39, 0.29) is 0 Å². The summed E-state index contributed by atoms with van der Waals surface area (Å²) in [6.07, 6.45) is 9.87. The molecule has 1 saturated heterocycles. The molecule has 0 atom stereocenters. The van der Waals surface area contributed by atoms with Crippen LogP contribution < -0.4 is 10.6 Å². The minimum atomic E-state index is 0.475. The second-order valence-electron chi connectivity index (χ2n) is 5.69. The summed E-state index contributed by atoms with van der Waals surface area (Å²) in [7, 11) is 2.14. The van der Waals surface area contributed by atoms with Crippen molar-refractivity contribution in [3.05, 3.63) is 61.0 Å². The summed E-state index contributed by atoms with van der Waals surface area (Å²) in [6, 6.07) is 3.67. The van der Waals surface area contributed by atoms with Crippen LogP contribution in [0.4, 0.5) is 11.6 Å². The molecule has 0 unspecified atom stereocenters. The summed E-state index contributed by atoms with van der Waals surface area (Å²) in [6.45, 7) is 11.7. The molecule has 2 heterocycles. The van der Waals surface area contributed by atoms with Gasteiger partial charge in [-0.25, -0.2) is 4.98 Å². The van der Waals surface area contributed by atoms with E-state index in [1.54, 1.807) is 12.3 Å². The summed E-state index contributed by atoms with van der Waals surface area (Å²) in [4.78, 5) is 19.6. The lowest BCUT2D eigenvalue weighted by atomic mass is 10.2. The molecule has 132 valence electrons. The van der Waals surface area contributed by atoms with Gasteiger partial charge in [0.25, 0.3) is 0 Å². The molecule has 2 rings (SSSR count). The Morgan fingerprint density at radius 2 is 1.96 bits per heavy atom. The van der Waals surface area contributed by atoms with Gasteiger partial charge in [0.1, 0.15) is 11.6 Å². The number of pyridine rings is 1. The normalized spacial score (nSPS) is 15.9. The van der Waals surface area contributed by atoms with Crippen molar-refractivity contribution in [3.63, 3.8) is 0 Å². The molecule has 2 N–H and O–H groups in total. The van der Waals surface area contributed by atoms with Gasteiger partial charge in [0.2, 0.25) is 6.41 Å². The molecule has 6 nitrogen and oxygen atoms in total. The Bertz CT molecular complexity index is 672. The van der Waals surface area contributed by atoms with Crippen LogP contribution in [0, 0.1) is 0 Å². The van der Waals surface area contributed by atoms with Crippen LogP contribution in [0.1, 0.15) is 5.56 Å². The number of amides is 1. The summed E-state index contributed by atoms with van der Waals surface area (Å²) in [5, 5.41) is 5.67. The number of hydrogen-bond donors (Lipinski definition) is 2. The predicted molar refractivity (Wildman–Crippen MR) is 104 cm³/mol. The highest BCUT2D eigenvalue weighted by molar-refractivity contribution is 5.76. The molecule has 1 amide bonds. The Labute approximate surface area is 149 Å². The fraction of sp³-hybridized carbons (Fsp3) is 0.263. The lowest BCUT2D eigenvalue weighted by Gasteiger charge is -2.34. The lowest BCUT2D eigenvalue weighted by Crippen LogP contribution is -2.43. The molecule has 0 bridgehead atoms. The lowest BCUT2D eigenvalue weighted by molar-refractivity contribution is -0.105. The van der Waals surface area contributed by atoms with E-state index < -0.39 is 0 Å². The van der Waals surface area contributed by atoms with E-state index in [9.17, 15) is 4.79 Å². The van der Waals surface area contributed by atoms with Gasteiger partial charge >= 0.3 is 0 Å². The SMILES string of the molecule is C=C/C(=C\C=C\Nc1ccc(C=C)c(NC=O)n1)N1CCN(C)CC1. The van der Waals surface area contributed by atoms with E-state index in [1.165, 1.54) is 0 Å². The zero-order chi connectivity index (χ0) is 18.1. The zero-order valence-corrected chi connectivity index (χ0v) is 14.6. The summed E-state index contributed by atoms with van der Waals surface area (Å²) in [5.74, 6) is 1.11. The quantitative estimate of drug-likeness (QED) is 0.563. The maximum absolute atomic E-state index is 10.6. The van der Waals surface area contributed by atoms with Gasteiger partial charge in [0.05, 0.1) is 0 Å². The monoisotopic (exact) mass is 339 g/mol. The van der Waals surface area contributed by atoms with E-state index in [2.05, 4.69) is 45.6 Å². The first-order valence-corrected chi connectivity index (χ1v) is 8.21. The van der Waals surface area contributed by atoms with Crippen LogP contribution in [0.25, 0.3) is 6.08 Å². The average Bonchev–Trinajstić information content (AvgIpc) is 2.63. The molecule has 0 spiro atoms. The average molecular weight is 339 g/mol. The molecule has 1 aromatic rings. The summed E-state index contributed by atoms with van der Waals surface area (Å²) < 4.78 is 0. The van der Waals surface area contributed by atoms with E-state index in [1.807, 2.05) is 30.4 Å². The van der Waals surface area contributed by atoms with Crippen LogP contribution in [0.3, 0.4) is 0 Å². The molecular weight excluding hydrogens is 314 g/mol. The van der Waals surface area contributed by atoms with Gasteiger partial charge in [-0.15, -0.1) is 0 Å². The maximum atomic E-state index is 10.6. The highest BCUT2D eigenvalue weighted by atomic mass is 16.1. The van der Waals surface area contributed by atoms with Gasteiger partial charge in [-0.2, -0.15) is 0 Å². The van der Waals surface area contributed by atoms with Crippen molar-refractivity contribution < 1.29 is 4.79 Å². The standard InChI is InChI=1S/C19H25N5O/c1-4-16-8-9-18(22-19(16)21-15-25)20-10-6-7-17(5-2)24-13-11-23(3)12-14-24/h4-10,15H,1-2,11-14H2,3H3,(H2,20,21,22,25)/b10-6+,17-7+. The molecule has 0 aromatic carbocycles. The molecule has 0 saturated carbocycles. The van der Waals surface area contributed by atoms with Gasteiger partial charge in [-0.3, -0.25) is 4.79 Å². The summed E-state index contributed by atoms with van der Waals surface area (Å²) >= 11 is 0. The minimum Gasteiger partial charge on any atom is -0.369 e. The Balaban J connectivity index is 1.99. The molecule has 1 fully saturated rings. The number of likely N-dealkylation sites (N-methyl/N-ethyl adjacent to an activating group) is 1. The van der Waals surface area contributed by atoms with E-state index in [0.717, 1.165) is 37.4 Å². The number of piperazine rings is 1. The smallest absolute Gasteiger partial charge is 0.212 e. The summed E-state index contributed by atoms with van der Waals surface area (Å²) in [5.41, 5.74) is 1.87. The third-order valence-corrected chi connectivity index (χ3v) is 4.01. The van der Waals surface area contributed by atoms with Crippen molar-refractivity contribution in [2.75, 3.05) is 43.9 Å². The number of nitrogens with zero attached hydrogens (tertiary/aromatic N) is 3. The van der Waals surface area contributed by atoms with Crippen molar-refractivity contribution in [2.24, 2.45) is 0 Å². The van der Waals surface area contributed by atoms with Crippen LogP contribution in [0.15, 0.2) is 55.4 Å². The second-order valence-corrected chi connectivity index (χ2v) is 5.69. The molecular formula is C19H25N5O. The van der Waals surface area contributed by atoms with Crippen LogP contribution in [0.2, 0.25) is 0 Å². The largest absolute Gasteiger partial charge is 0.369 e. The van der Waals surface area contributed by atoms with Crippen molar-refractivity contribution in [2.45, 2.75) is 0 Å². The number of nitrogens with one attached hydrogen (secondary N) is 2. The Morgan fingerprint density at radius 3 is 2.60 bits per heavy atom. The van der Waals surface area contributed by atoms with Crippen LogP contribution in [0.5, 0.6) is 0 Å². The first kappa shape index (κ1) is 18.5. The van der Waals surface area contributed by atoms with Gasteiger partial charge in [-0.05, 0) is 37.4 Å². The van der Waals surface area contributed by atoms with Crippen molar-refractivity contribution in [3.8, 4) is 0 Å². The van der Waals surface area contributed by atoms with Gasteiger partial charge in [0.15, 0.2) is 0 Å². The first-order valence-electron chi connectivity index (χ1n) is 8.21. The molecule has 0 aliphatic carbocycles. The Morgan fingerprint density at radius 1 is 1.20 bits per heavy atom. The predicted octanol–water partition coefficient (Wildman–Crippen LogP) is 2.54. The van der Waals surface area contributed by atoms with E-state index in [4.69, 9.17) is 0 Å². The Hall–Kier alpha value is -2.86. The minimum absolute atomic E-state index is 0.475. The van der Waals surface area contributed by atoms with Crippen LogP contribution in [-0.4, -0.2) is 54.4 Å². The molecule has 25 heavy (non-hydrogen) atoms. The topological polar surface area (TPSA) is 60.5 Å². The highest BCUT2D eigenvalue weighted by Gasteiger charge is 2.13. The maximum Gasteiger partial charge on any atom is 0.212 e. The highest BCUT2D eigenvalue weighted by Crippen LogP contribution is 2.17. The Kier molecular flexibility index (Phi) is 6.98. The second kappa shape index (κ2) is 9.44. The number of hydrogen-bond acceptors (Lipinski definition) is 5.